The number of ether oxygens (including phenoxy) is 5. The van der Waals surface area contributed by atoms with Gasteiger partial charge in [0.1, 0.15) is 12.2 Å². The van der Waals surface area contributed by atoms with Gasteiger partial charge >= 0.3 is 12.2 Å². The Labute approximate surface area is 246 Å². The summed E-state index contributed by atoms with van der Waals surface area (Å²) in [5.74, 6) is -0.736. The normalized spacial score (nSPS) is 29.2. The van der Waals surface area contributed by atoms with Gasteiger partial charge in [-0.2, -0.15) is 0 Å². The van der Waals surface area contributed by atoms with E-state index in [9.17, 15) is 19.5 Å². The molecule has 6 N–H and O–H groups in total. The molecule has 2 rings (SSSR count). The second kappa shape index (κ2) is 15.8. The summed E-state index contributed by atoms with van der Waals surface area (Å²) < 4.78 is 27.8. The number of benzene rings is 1. The summed E-state index contributed by atoms with van der Waals surface area (Å²) in [5.41, 5.74) is 12.8. The molecular weight excluding hydrogens is 546 g/mol. The van der Waals surface area contributed by atoms with Crippen LogP contribution in [0.25, 0.3) is 0 Å². The van der Waals surface area contributed by atoms with Gasteiger partial charge in [0.25, 0.3) is 5.91 Å². The first-order chi connectivity index (χ1) is 19.8. The van der Waals surface area contributed by atoms with Crippen molar-refractivity contribution in [3.05, 3.63) is 53.1 Å². The molecule has 1 aromatic rings. The fraction of sp³-hybridized carbons (Fsp3) is 0.500. The number of methoxy groups -OCH3 is 3. The van der Waals surface area contributed by atoms with E-state index in [1.165, 1.54) is 27.4 Å². The first-order valence-corrected chi connectivity index (χ1v) is 13.5. The molecule has 42 heavy (non-hydrogen) atoms. The highest BCUT2D eigenvalue weighted by molar-refractivity contribution is 6.03. The second-order valence-electron chi connectivity index (χ2n) is 10.4. The summed E-state index contributed by atoms with van der Waals surface area (Å²) in [5, 5.41) is 13.4. The van der Waals surface area contributed by atoms with E-state index < -0.39 is 48.4 Å². The van der Waals surface area contributed by atoms with Crippen LogP contribution in [0.3, 0.4) is 0 Å². The highest BCUT2D eigenvalue weighted by atomic mass is 16.6. The van der Waals surface area contributed by atoms with E-state index in [4.69, 9.17) is 35.2 Å². The number of carbonyl (C=O) groups is 3. The Morgan fingerprint density at radius 3 is 2.26 bits per heavy atom. The number of nitrogens with two attached hydrogens (primary N) is 2. The van der Waals surface area contributed by atoms with Crippen molar-refractivity contribution in [1.82, 2.24) is 0 Å². The molecule has 0 aromatic heterocycles. The van der Waals surface area contributed by atoms with Crippen molar-refractivity contribution < 1.29 is 43.2 Å². The minimum Gasteiger partial charge on any atom is -0.504 e. The van der Waals surface area contributed by atoms with E-state index in [2.05, 4.69) is 5.32 Å². The average molecular weight is 590 g/mol. The Morgan fingerprint density at radius 1 is 1.02 bits per heavy atom. The third kappa shape index (κ3) is 9.52. The minimum atomic E-state index is -1.01. The zero-order valence-corrected chi connectivity index (χ0v) is 25.2. The van der Waals surface area contributed by atoms with Crippen LogP contribution in [0.15, 0.2) is 47.6 Å². The Hall–Kier alpha value is -4.03. The number of rotatable bonds is 5. The standard InChI is InChI=1S/C30H43N3O9/c1-16-11-20-14-21(15-22(34)27(20)40-7)33-28(35)17(2)9-8-10-23(38-5)25(41-29(31)36)18(3)13-19(4)26(42-30(32)37)24(12-16)39-6/h8-10,13-16,19,23-26,34H,11-12H2,1-7H3,(H2,31,36)(H2,32,37)(H,33,35)/b10-8-,17-9+,18-13+/t16-,19+,23+,24+,25+,26-/m1/s1. The maximum atomic E-state index is 12.9. The average Bonchev–Trinajstić information content (AvgIpc) is 2.90. The fourth-order valence-corrected chi connectivity index (χ4v) is 5.07. The highest BCUT2D eigenvalue weighted by Crippen LogP contribution is 2.36. The van der Waals surface area contributed by atoms with Crippen LogP contribution in [-0.2, 0) is 30.2 Å². The number of aromatic hydroxyl groups is 1. The van der Waals surface area contributed by atoms with Crippen molar-refractivity contribution >= 4 is 23.8 Å². The Kier molecular flexibility index (Phi) is 12.9. The number of carbonyl (C=O) groups excluding carboxylic acids is 3. The maximum absolute atomic E-state index is 12.9. The molecule has 0 fully saturated rings. The molecule has 0 saturated heterocycles. The molecule has 1 aliphatic heterocycles. The quantitative estimate of drug-likeness (QED) is 0.369. The second-order valence-corrected chi connectivity index (χ2v) is 10.4. The molecule has 12 heteroatoms. The van der Waals surface area contributed by atoms with Gasteiger partial charge < -0.3 is 45.6 Å². The number of anilines is 1. The van der Waals surface area contributed by atoms with Gasteiger partial charge in [-0.05, 0) is 44.2 Å². The summed E-state index contributed by atoms with van der Waals surface area (Å²) in [6.07, 6.45) is 2.38. The number of hydrogen-bond acceptors (Lipinski definition) is 9. The predicted octanol–water partition coefficient (Wildman–Crippen LogP) is 3.96. The van der Waals surface area contributed by atoms with Crippen LogP contribution in [-0.4, -0.2) is 68.9 Å². The lowest BCUT2D eigenvalue weighted by molar-refractivity contribution is -0.112. The fourth-order valence-electron chi connectivity index (χ4n) is 5.07. The maximum Gasteiger partial charge on any atom is 0.405 e. The highest BCUT2D eigenvalue weighted by Gasteiger charge is 2.33. The van der Waals surface area contributed by atoms with Gasteiger partial charge in [0.15, 0.2) is 17.6 Å². The van der Waals surface area contributed by atoms with E-state index in [1.807, 2.05) is 13.8 Å². The smallest absolute Gasteiger partial charge is 0.405 e. The van der Waals surface area contributed by atoms with Crippen molar-refractivity contribution in [1.29, 1.82) is 0 Å². The number of fused-ring (bicyclic) bond motifs is 2. The Morgan fingerprint density at radius 2 is 1.69 bits per heavy atom. The van der Waals surface area contributed by atoms with Crippen LogP contribution in [0.4, 0.5) is 15.3 Å². The zero-order chi connectivity index (χ0) is 31.6. The van der Waals surface area contributed by atoms with E-state index in [-0.39, 0.29) is 17.4 Å². The summed E-state index contributed by atoms with van der Waals surface area (Å²) in [6.45, 7) is 7.16. The van der Waals surface area contributed by atoms with Crippen LogP contribution in [0.5, 0.6) is 11.5 Å². The van der Waals surface area contributed by atoms with Crippen LogP contribution >= 0.6 is 0 Å². The van der Waals surface area contributed by atoms with Gasteiger partial charge in [0, 0.05) is 43.0 Å². The van der Waals surface area contributed by atoms with Crippen molar-refractivity contribution in [2.75, 3.05) is 26.6 Å². The van der Waals surface area contributed by atoms with Gasteiger partial charge in [-0.1, -0.05) is 38.2 Å². The molecule has 6 atom stereocenters. The van der Waals surface area contributed by atoms with Crippen LogP contribution < -0.4 is 21.5 Å². The van der Waals surface area contributed by atoms with E-state index in [1.54, 1.807) is 44.2 Å². The van der Waals surface area contributed by atoms with Crippen LogP contribution in [0.1, 0.15) is 39.7 Å². The number of nitrogens with one attached hydrogen (secondary N) is 1. The number of amides is 3. The van der Waals surface area contributed by atoms with Crippen molar-refractivity contribution in [2.24, 2.45) is 23.3 Å². The Bertz CT molecular complexity index is 1210. The molecule has 3 amide bonds. The molecule has 0 saturated carbocycles. The summed E-state index contributed by atoms with van der Waals surface area (Å²) >= 11 is 0. The monoisotopic (exact) mass is 589 g/mol. The minimum absolute atomic E-state index is 0.0674. The number of allylic oxidation sites excluding steroid dienone is 2. The Balaban J connectivity index is 2.68. The summed E-state index contributed by atoms with van der Waals surface area (Å²) in [6, 6.07) is 3.15. The third-order valence-electron chi connectivity index (χ3n) is 7.04. The first kappa shape index (κ1) is 34.2. The predicted molar refractivity (Wildman–Crippen MR) is 157 cm³/mol. The summed E-state index contributed by atoms with van der Waals surface area (Å²) in [7, 11) is 4.41. The van der Waals surface area contributed by atoms with Crippen LogP contribution in [0, 0.1) is 11.8 Å². The third-order valence-corrected chi connectivity index (χ3v) is 7.04. The lowest BCUT2D eigenvalue weighted by Gasteiger charge is -2.32. The lowest BCUT2D eigenvalue weighted by atomic mass is 9.88. The molecule has 0 spiro atoms. The molecule has 0 unspecified atom stereocenters. The lowest BCUT2D eigenvalue weighted by Crippen LogP contribution is -2.41. The molecule has 1 aromatic carbocycles. The largest absolute Gasteiger partial charge is 0.504 e. The molecule has 12 nitrogen and oxygen atoms in total. The molecular formula is C30H43N3O9. The first-order valence-electron chi connectivity index (χ1n) is 13.5. The van der Waals surface area contributed by atoms with Gasteiger partial charge in [-0.15, -0.1) is 0 Å². The number of primary amides is 2. The number of hydrogen-bond donors (Lipinski definition) is 4. The molecule has 2 bridgehead atoms. The van der Waals surface area contributed by atoms with Gasteiger partial charge in [-0.25, -0.2) is 9.59 Å². The van der Waals surface area contributed by atoms with Gasteiger partial charge in [-0.3, -0.25) is 4.79 Å². The molecule has 1 aliphatic rings. The molecule has 0 radical (unpaired) electrons. The molecule has 0 aliphatic carbocycles. The van der Waals surface area contributed by atoms with E-state index in [0.29, 0.717) is 35.2 Å². The van der Waals surface area contributed by atoms with Crippen molar-refractivity contribution in [3.63, 3.8) is 0 Å². The van der Waals surface area contributed by atoms with Crippen molar-refractivity contribution in [2.45, 2.75) is 65.0 Å². The van der Waals surface area contributed by atoms with E-state index in [0.717, 1.165) is 0 Å². The van der Waals surface area contributed by atoms with Gasteiger partial charge in [0.2, 0.25) is 0 Å². The zero-order valence-electron chi connectivity index (χ0n) is 25.2. The van der Waals surface area contributed by atoms with Crippen molar-refractivity contribution in [3.8, 4) is 11.5 Å². The topological polar surface area (TPSA) is 182 Å². The molecule has 1 heterocycles. The van der Waals surface area contributed by atoms with Crippen LogP contribution in [0.2, 0.25) is 0 Å². The molecule has 232 valence electrons. The summed E-state index contributed by atoms with van der Waals surface area (Å²) in [4.78, 5) is 36.6. The number of phenols is 1. The van der Waals surface area contributed by atoms with Gasteiger partial charge in [0.05, 0.1) is 13.2 Å². The SMILES string of the molecule is COc1c(O)cc2cc1C[C@@H](C)C[C@H](OC)[C@H](OC(N)=O)[C@@H](C)/C=C(\C)[C@H](OC(N)=O)[C@@H](OC)/C=C\C=C(/C)C(=O)N2. The van der Waals surface area contributed by atoms with E-state index >= 15 is 0 Å². The number of phenolic OH excluding ortho intramolecular Hbond substituents is 1.